The van der Waals surface area contributed by atoms with E-state index < -0.39 is 0 Å². The quantitative estimate of drug-likeness (QED) is 0.857. The van der Waals surface area contributed by atoms with E-state index >= 15 is 0 Å². The number of rotatable bonds is 6. The maximum atomic E-state index is 5.90. The van der Waals surface area contributed by atoms with Gasteiger partial charge in [-0.3, -0.25) is 4.90 Å². The smallest absolute Gasteiger partial charge is 0.221 e. The normalized spacial score (nSPS) is 14.9. The van der Waals surface area contributed by atoms with Crippen molar-refractivity contribution in [3.05, 3.63) is 17.6 Å². The lowest BCUT2D eigenvalue weighted by atomic mass is 10.1. The van der Waals surface area contributed by atoms with E-state index in [4.69, 9.17) is 4.74 Å². The van der Waals surface area contributed by atoms with Crippen molar-refractivity contribution in [1.82, 2.24) is 20.2 Å². The van der Waals surface area contributed by atoms with Gasteiger partial charge in [0.25, 0.3) is 0 Å². The Morgan fingerprint density at radius 3 is 2.70 bits per heavy atom. The monoisotopic (exact) mass is 278 g/mol. The molecule has 0 amide bonds. The molecule has 0 fully saturated rings. The number of hydrogen-bond donors (Lipinski definition) is 1. The molecule has 5 heteroatoms. The summed E-state index contributed by atoms with van der Waals surface area (Å²) in [5.74, 6) is 0.745. The number of aromatic nitrogens is 2. The van der Waals surface area contributed by atoms with Crippen LogP contribution in [0.15, 0.2) is 6.33 Å². The Labute approximate surface area is 121 Å². The summed E-state index contributed by atoms with van der Waals surface area (Å²) in [6.45, 7) is 12.3. The van der Waals surface area contributed by atoms with Gasteiger partial charge < -0.3 is 10.1 Å². The Hall–Kier alpha value is -1.20. The van der Waals surface area contributed by atoms with Crippen LogP contribution >= 0.6 is 0 Å². The number of nitrogens with zero attached hydrogens (tertiary/aromatic N) is 3. The molecule has 0 radical (unpaired) electrons. The molecule has 0 bridgehead atoms. The molecule has 1 aliphatic heterocycles. The van der Waals surface area contributed by atoms with E-state index in [0.29, 0.717) is 18.7 Å². The van der Waals surface area contributed by atoms with E-state index in [2.05, 4.69) is 47.9 Å². The van der Waals surface area contributed by atoms with E-state index in [1.165, 1.54) is 0 Å². The first-order valence-corrected chi connectivity index (χ1v) is 7.51. The molecule has 1 aliphatic rings. The minimum Gasteiger partial charge on any atom is -0.476 e. The van der Waals surface area contributed by atoms with Crippen LogP contribution in [0.4, 0.5) is 0 Å². The lowest BCUT2D eigenvalue weighted by Crippen LogP contribution is -2.40. The predicted molar refractivity (Wildman–Crippen MR) is 79.9 cm³/mol. The summed E-state index contributed by atoms with van der Waals surface area (Å²) in [6.07, 6.45) is 2.57. The minimum absolute atomic E-state index is 0.527. The van der Waals surface area contributed by atoms with Crippen LogP contribution in [0.3, 0.4) is 0 Å². The van der Waals surface area contributed by atoms with Crippen LogP contribution in [0, 0.1) is 0 Å². The molecule has 20 heavy (non-hydrogen) atoms. The molecular formula is C15H26N4O. The van der Waals surface area contributed by atoms with Crippen LogP contribution in [-0.2, 0) is 13.0 Å². The van der Waals surface area contributed by atoms with Gasteiger partial charge in [-0.1, -0.05) is 0 Å². The fourth-order valence-electron chi connectivity index (χ4n) is 2.73. The molecule has 0 saturated heterocycles. The second kappa shape index (κ2) is 6.99. The van der Waals surface area contributed by atoms with E-state index in [1.807, 2.05) is 0 Å². The largest absolute Gasteiger partial charge is 0.476 e. The topological polar surface area (TPSA) is 50.3 Å². The van der Waals surface area contributed by atoms with Crippen LogP contribution < -0.4 is 10.1 Å². The average molecular weight is 278 g/mol. The van der Waals surface area contributed by atoms with Crippen molar-refractivity contribution in [1.29, 1.82) is 0 Å². The number of fused-ring (bicyclic) bond motifs is 1. The highest BCUT2D eigenvalue weighted by molar-refractivity contribution is 5.31. The first-order chi connectivity index (χ1) is 9.59. The highest BCUT2D eigenvalue weighted by atomic mass is 16.5. The van der Waals surface area contributed by atoms with Gasteiger partial charge in [-0.05, 0) is 27.7 Å². The van der Waals surface area contributed by atoms with Gasteiger partial charge in [-0.25, -0.2) is 9.97 Å². The molecule has 1 aromatic heterocycles. The fraction of sp³-hybridized carbons (Fsp3) is 0.733. The zero-order chi connectivity index (χ0) is 14.5. The molecule has 0 aliphatic carbocycles. The first kappa shape index (κ1) is 15.2. The van der Waals surface area contributed by atoms with Crippen LogP contribution in [0.2, 0.25) is 0 Å². The Bertz CT molecular complexity index is 426. The Balaban J connectivity index is 1.94. The third kappa shape index (κ3) is 3.67. The van der Waals surface area contributed by atoms with E-state index in [1.54, 1.807) is 6.33 Å². The van der Waals surface area contributed by atoms with Gasteiger partial charge in [0.15, 0.2) is 0 Å². The van der Waals surface area contributed by atoms with Gasteiger partial charge in [-0.2, -0.15) is 0 Å². The highest BCUT2D eigenvalue weighted by Gasteiger charge is 2.17. The molecule has 5 nitrogen and oxygen atoms in total. The molecule has 2 rings (SSSR count). The van der Waals surface area contributed by atoms with Crippen molar-refractivity contribution < 1.29 is 4.74 Å². The summed E-state index contributed by atoms with van der Waals surface area (Å²) in [7, 11) is 0. The average Bonchev–Trinajstić information content (AvgIpc) is 2.42. The van der Waals surface area contributed by atoms with Crippen molar-refractivity contribution in [2.45, 2.75) is 52.7 Å². The van der Waals surface area contributed by atoms with Gasteiger partial charge in [0, 0.05) is 43.7 Å². The van der Waals surface area contributed by atoms with Gasteiger partial charge >= 0.3 is 0 Å². The zero-order valence-corrected chi connectivity index (χ0v) is 13.0. The zero-order valence-electron chi connectivity index (χ0n) is 13.0. The van der Waals surface area contributed by atoms with Crippen LogP contribution in [-0.4, -0.2) is 46.6 Å². The van der Waals surface area contributed by atoms with Crippen molar-refractivity contribution >= 4 is 0 Å². The van der Waals surface area contributed by atoms with Crippen molar-refractivity contribution in [3.63, 3.8) is 0 Å². The highest BCUT2D eigenvalue weighted by Crippen LogP contribution is 2.20. The van der Waals surface area contributed by atoms with Gasteiger partial charge in [0.05, 0.1) is 5.69 Å². The second-order valence-corrected chi connectivity index (χ2v) is 5.80. The summed E-state index contributed by atoms with van der Waals surface area (Å²) in [5.41, 5.74) is 2.25. The third-order valence-electron chi connectivity index (χ3n) is 3.75. The summed E-state index contributed by atoms with van der Waals surface area (Å²) < 4.78 is 5.90. The van der Waals surface area contributed by atoms with E-state index in [-0.39, 0.29) is 0 Å². The lowest BCUT2D eigenvalue weighted by molar-refractivity contribution is 0.139. The molecule has 0 spiro atoms. The molecule has 0 atom stereocenters. The molecular weight excluding hydrogens is 252 g/mol. The standard InChI is InChI=1S/C15H26N4O/c1-11(2)19(12(3)4)7-8-20-15-13-9-16-6-5-14(13)17-10-18-15/h10-12,16H,5-9H2,1-4H3. The summed E-state index contributed by atoms with van der Waals surface area (Å²) in [5, 5.41) is 3.35. The Morgan fingerprint density at radius 2 is 2.00 bits per heavy atom. The van der Waals surface area contributed by atoms with Crippen molar-refractivity contribution in [2.24, 2.45) is 0 Å². The molecule has 0 aromatic carbocycles. The molecule has 112 valence electrons. The summed E-state index contributed by atoms with van der Waals surface area (Å²) >= 11 is 0. The number of ether oxygens (including phenoxy) is 1. The van der Waals surface area contributed by atoms with Crippen molar-refractivity contribution in [2.75, 3.05) is 19.7 Å². The van der Waals surface area contributed by atoms with Crippen LogP contribution in [0.25, 0.3) is 0 Å². The number of hydrogen-bond acceptors (Lipinski definition) is 5. The summed E-state index contributed by atoms with van der Waals surface area (Å²) in [4.78, 5) is 11.0. The maximum absolute atomic E-state index is 5.90. The predicted octanol–water partition coefficient (Wildman–Crippen LogP) is 1.62. The molecule has 0 saturated carbocycles. The summed E-state index contributed by atoms with van der Waals surface area (Å²) in [6, 6.07) is 1.05. The third-order valence-corrected chi connectivity index (χ3v) is 3.75. The minimum atomic E-state index is 0.527. The van der Waals surface area contributed by atoms with Gasteiger partial charge in [0.1, 0.15) is 12.9 Å². The number of nitrogens with one attached hydrogen (secondary N) is 1. The molecule has 2 heterocycles. The molecule has 1 N–H and O–H groups in total. The first-order valence-electron chi connectivity index (χ1n) is 7.51. The fourth-order valence-corrected chi connectivity index (χ4v) is 2.73. The van der Waals surface area contributed by atoms with Crippen LogP contribution in [0.5, 0.6) is 5.88 Å². The Morgan fingerprint density at radius 1 is 1.25 bits per heavy atom. The van der Waals surface area contributed by atoms with Gasteiger partial charge in [-0.15, -0.1) is 0 Å². The van der Waals surface area contributed by atoms with Crippen LogP contribution in [0.1, 0.15) is 39.0 Å². The van der Waals surface area contributed by atoms with E-state index in [0.717, 1.165) is 43.2 Å². The van der Waals surface area contributed by atoms with E-state index in [9.17, 15) is 0 Å². The Kier molecular flexibility index (Phi) is 5.31. The van der Waals surface area contributed by atoms with Gasteiger partial charge in [0.2, 0.25) is 5.88 Å². The molecule has 0 unspecified atom stereocenters. The maximum Gasteiger partial charge on any atom is 0.221 e. The van der Waals surface area contributed by atoms with Crippen molar-refractivity contribution in [3.8, 4) is 5.88 Å². The molecule has 1 aromatic rings. The second-order valence-electron chi connectivity index (χ2n) is 5.80. The SMILES string of the molecule is CC(C)N(CCOc1ncnc2c1CNCC2)C(C)C. The lowest BCUT2D eigenvalue weighted by Gasteiger charge is -2.30.